The molecule has 2 N–H and O–H groups in total. The van der Waals surface area contributed by atoms with E-state index in [4.69, 9.17) is 0 Å². The van der Waals surface area contributed by atoms with Gasteiger partial charge in [0, 0.05) is 18.4 Å². The SMILES string of the molecule is Cc1ccc2c(c1)[C@@]1(C(=O)N2)[C@@H]2C(=O)N(Cc3ccccc3)C(=O)[C@@H]2[C@@H]2CCC[NH+]21. The second kappa shape index (κ2) is 6.01. The molecule has 1 spiro atoms. The predicted octanol–water partition coefficient (Wildman–Crippen LogP) is 1.00. The van der Waals surface area contributed by atoms with Gasteiger partial charge >= 0.3 is 0 Å². The number of nitrogens with zero attached hydrogens (tertiary/aromatic N) is 1. The van der Waals surface area contributed by atoms with Crippen molar-refractivity contribution in [3.8, 4) is 0 Å². The number of aryl methyl sites for hydroxylation is 1. The van der Waals surface area contributed by atoms with Gasteiger partial charge in [0.15, 0.2) is 0 Å². The van der Waals surface area contributed by atoms with Crippen molar-refractivity contribution in [3.05, 3.63) is 65.2 Å². The molecule has 2 aromatic carbocycles. The average molecular weight is 402 g/mol. The lowest BCUT2D eigenvalue weighted by Crippen LogP contribution is -3.19. The fourth-order valence-electron chi connectivity index (χ4n) is 6.56. The highest BCUT2D eigenvalue weighted by Crippen LogP contribution is 2.51. The van der Waals surface area contributed by atoms with Crippen LogP contribution in [-0.2, 0) is 26.5 Å². The molecule has 0 aliphatic carbocycles. The zero-order valence-corrected chi connectivity index (χ0v) is 16.9. The maximum Gasteiger partial charge on any atom is 0.291 e. The largest absolute Gasteiger partial charge is 0.320 e. The summed E-state index contributed by atoms with van der Waals surface area (Å²) in [5, 5.41) is 3.04. The van der Waals surface area contributed by atoms with E-state index in [9.17, 15) is 14.4 Å². The number of carbonyl (C=O) groups is 3. The lowest BCUT2D eigenvalue weighted by molar-refractivity contribution is -0.948. The molecule has 6 nitrogen and oxygen atoms in total. The van der Waals surface area contributed by atoms with Gasteiger partial charge in [0.25, 0.3) is 5.91 Å². The summed E-state index contributed by atoms with van der Waals surface area (Å²) in [6.07, 6.45) is 1.85. The summed E-state index contributed by atoms with van der Waals surface area (Å²) < 4.78 is 0. The van der Waals surface area contributed by atoms with E-state index < -0.39 is 17.4 Å². The van der Waals surface area contributed by atoms with Crippen LogP contribution in [0.2, 0.25) is 0 Å². The van der Waals surface area contributed by atoms with Crippen LogP contribution in [0.5, 0.6) is 0 Å². The minimum Gasteiger partial charge on any atom is -0.320 e. The second-order valence-electron chi connectivity index (χ2n) is 9.09. The van der Waals surface area contributed by atoms with E-state index in [2.05, 4.69) is 5.32 Å². The van der Waals surface area contributed by atoms with E-state index in [0.717, 1.165) is 46.7 Å². The van der Waals surface area contributed by atoms with E-state index in [1.54, 1.807) is 0 Å². The van der Waals surface area contributed by atoms with Crippen LogP contribution in [0.15, 0.2) is 48.5 Å². The van der Waals surface area contributed by atoms with Gasteiger partial charge in [-0.2, -0.15) is 0 Å². The fraction of sp³-hybridized carbons (Fsp3) is 0.375. The van der Waals surface area contributed by atoms with Gasteiger partial charge in [0.1, 0.15) is 17.9 Å². The van der Waals surface area contributed by atoms with Gasteiger partial charge in [-0.1, -0.05) is 42.0 Å². The van der Waals surface area contributed by atoms with Crippen molar-refractivity contribution < 1.29 is 19.3 Å². The number of amides is 3. The smallest absolute Gasteiger partial charge is 0.291 e. The fourth-order valence-corrected chi connectivity index (χ4v) is 6.56. The van der Waals surface area contributed by atoms with Crippen LogP contribution in [0.4, 0.5) is 5.69 Å². The number of imide groups is 1. The topological polar surface area (TPSA) is 70.9 Å². The van der Waals surface area contributed by atoms with Gasteiger partial charge in [-0.25, -0.2) is 0 Å². The van der Waals surface area contributed by atoms with Crippen LogP contribution < -0.4 is 10.2 Å². The first-order valence-corrected chi connectivity index (χ1v) is 10.7. The van der Waals surface area contributed by atoms with Crippen LogP contribution >= 0.6 is 0 Å². The maximum absolute atomic E-state index is 13.7. The number of fused-ring (bicyclic) bond motifs is 7. The summed E-state index contributed by atoms with van der Waals surface area (Å²) >= 11 is 0. The Labute approximate surface area is 174 Å². The average Bonchev–Trinajstić information content (AvgIpc) is 3.44. The quantitative estimate of drug-likeness (QED) is 0.737. The first-order chi connectivity index (χ1) is 14.5. The third-order valence-corrected chi connectivity index (χ3v) is 7.65. The summed E-state index contributed by atoms with van der Waals surface area (Å²) in [6, 6.07) is 15.6. The normalized spacial score (nSPS) is 33.8. The monoisotopic (exact) mass is 402 g/mol. The molecule has 3 fully saturated rings. The molecule has 0 aromatic heterocycles. The lowest BCUT2D eigenvalue weighted by Gasteiger charge is -2.33. The van der Waals surface area contributed by atoms with E-state index in [1.807, 2.05) is 55.5 Å². The van der Waals surface area contributed by atoms with Crippen molar-refractivity contribution in [2.75, 3.05) is 11.9 Å². The highest BCUT2D eigenvalue weighted by Gasteiger charge is 2.78. The Bertz CT molecular complexity index is 1100. The summed E-state index contributed by atoms with van der Waals surface area (Å²) in [7, 11) is 0. The molecule has 6 heteroatoms. The molecule has 0 saturated carbocycles. The molecule has 4 aliphatic heterocycles. The summed E-state index contributed by atoms with van der Waals surface area (Å²) in [5.74, 6) is -1.47. The number of nitrogens with one attached hydrogen (secondary N) is 2. The van der Waals surface area contributed by atoms with Crippen molar-refractivity contribution in [1.29, 1.82) is 0 Å². The molecule has 6 rings (SSSR count). The molecule has 152 valence electrons. The van der Waals surface area contributed by atoms with E-state index in [1.165, 1.54) is 4.90 Å². The molecule has 3 amide bonds. The van der Waals surface area contributed by atoms with Gasteiger partial charge in [-0.05, 0) is 24.6 Å². The van der Waals surface area contributed by atoms with Crippen molar-refractivity contribution >= 4 is 23.4 Å². The summed E-state index contributed by atoms with van der Waals surface area (Å²) in [6.45, 7) is 3.09. The van der Waals surface area contributed by atoms with Gasteiger partial charge < -0.3 is 10.2 Å². The molecule has 1 unspecified atom stereocenters. The van der Waals surface area contributed by atoms with E-state index in [0.29, 0.717) is 0 Å². The standard InChI is InChI=1S/C24H23N3O3/c1-14-9-10-17-16(12-14)24(23(30)25-17)20-19(18-8-5-11-27(18)24)21(28)26(22(20)29)13-15-6-3-2-4-7-15/h2-4,6-7,9-10,12,18-20H,5,8,11,13H2,1H3,(H,25,30)/p+1/t18-,19+,20-,24-/m0/s1. The molecule has 30 heavy (non-hydrogen) atoms. The van der Waals surface area contributed by atoms with Crippen molar-refractivity contribution in [2.45, 2.75) is 37.9 Å². The van der Waals surface area contributed by atoms with Gasteiger partial charge in [0.2, 0.25) is 17.4 Å². The zero-order chi connectivity index (χ0) is 20.6. The Morgan fingerprint density at radius 2 is 1.90 bits per heavy atom. The summed E-state index contributed by atoms with van der Waals surface area (Å²) in [4.78, 5) is 43.3. The Hall–Kier alpha value is -2.99. The molecule has 4 heterocycles. The van der Waals surface area contributed by atoms with Crippen LogP contribution in [-0.4, -0.2) is 35.2 Å². The number of rotatable bonds is 2. The predicted molar refractivity (Wildman–Crippen MR) is 109 cm³/mol. The minimum atomic E-state index is -0.995. The number of hydrogen-bond acceptors (Lipinski definition) is 3. The third-order valence-electron chi connectivity index (χ3n) is 7.65. The van der Waals surface area contributed by atoms with Gasteiger partial charge in [-0.15, -0.1) is 0 Å². The Morgan fingerprint density at radius 1 is 1.10 bits per heavy atom. The Morgan fingerprint density at radius 3 is 2.70 bits per heavy atom. The number of quaternary nitrogens is 1. The number of carbonyl (C=O) groups excluding carboxylic acids is 3. The van der Waals surface area contributed by atoms with Gasteiger partial charge in [0.05, 0.1) is 18.8 Å². The molecule has 4 aliphatic rings. The van der Waals surface area contributed by atoms with E-state index >= 15 is 0 Å². The highest BCUT2D eigenvalue weighted by molar-refractivity contribution is 6.14. The van der Waals surface area contributed by atoms with E-state index in [-0.39, 0.29) is 30.3 Å². The molecule has 2 aromatic rings. The number of anilines is 1. The summed E-state index contributed by atoms with van der Waals surface area (Å²) in [5.41, 5.74) is 2.67. The first-order valence-electron chi connectivity index (χ1n) is 10.7. The number of likely N-dealkylation sites (tertiary alicyclic amines) is 1. The van der Waals surface area contributed by atoms with Crippen LogP contribution in [0, 0.1) is 18.8 Å². The molecule has 0 bridgehead atoms. The minimum absolute atomic E-state index is 0.0180. The van der Waals surface area contributed by atoms with Crippen LogP contribution in [0.25, 0.3) is 0 Å². The molecular formula is C24H24N3O3+. The Kier molecular flexibility index (Phi) is 3.58. The number of benzene rings is 2. The van der Waals surface area contributed by atoms with Crippen molar-refractivity contribution in [2.24, 2.45) is 11.8 Å². The molecule has 0 radical (unpaired) electrons. The second-order valence-corrected chi connectivity index (χ2v) is 9.09. The maximum atomic E-state index is 13.7. The third kappa shape index (κ3) is 2.04. The number of hydrogen-bond donors (Lipinski definition) is 2. The van der Waals surface area contributed by atoms with Crippen molar-refractivity contribution in [3.63, 3.8) is 0 Å². The van der Waals surface area contributed by atoms with Gasteiger partial charge in [-0.3, -0.25) is 19.3 Å². The first kappa shape index (κ1) is 17.8. The molecule has 5 atom stereocenters. The highest BCUT2D eigenvalue weighted by atomic mass is 16.2. The Balaban J connectivity index is 1.50. The zero-order valence-electron chi connectivity index (χ0n) is 16.9. The lowest BCUT2D eigenvalue weighted by atomic mass is 9.75. The molecular weight excluding hydrogens is 378 g/mol. The van der Waals surface area contributed by atoms with Crippen molar-refractivity contribution in [1.82, 2.24) is 4.90 Å². The van der Waals surface area contributed by atoms with Crippen LogP contribution in [0.1, 0.15) is 29.5 Å². The van der Waals surface area contributed by atoms with Crippen LogP contribution in [0.3, 0.4) is 0 Å². The molecule has 3 saturated heterocycles.